The zero-order valence-corrected chi connectivity index (χ0v) is 11.6. The first-order valence-electron chi connectivity index (χ1n) is 6.46. The molecule has 22 heavy (non-hydrogen) atoms. The molecule has 2 rings (SSSR count). The van der Waals surface area contributed by atoms with E-state index in [9.17, 15) is 23.3 Å². The molecule has 0 aliphatic rings. The van der Waals surface area contributed by atoms with E-state index in [1.807, 2.05) is 30.3 Å². The molecular formula is C15H13F3N2O2. The van der Waals surface area contributed by atoms with Crippen LogP contribution in [0.5, 0.6) is 0 Å². The number of hydrogen-bond donors (Lipinski definition) is 1. The van der Waals surface area contributed by atoms with Crippen molar-refractivity contribution < 1.29 is 18.1 Å². The predicted octanol–water partition coefficient (Wildman–Crippen LogP) is 4.79. The summed E-state index contributed by atoms with van der Waals surface area (Å²) in [5.41, 5.74) is -1.14. The molecule has 0 saturated heterocycles. The summed E-state index contributed by atoms with van der Waals surface area (Å²) in [6.45, 7) is 1.80. The Kier molecular flexibility index (Phi) is 4.35. The first-order valence-corrected chi connectivity index (χ1v) is 6.46. The molecule has 0 radical (unpaired) electrons. The van der Waals surface area contributed by atoms with Gasteiger partial charge in [0.05, 0.1) is 4.92 Å². The SMILES string of the molecule is CC(Nc1ccc([N+](=O)[O-])c(C(F)(F)F)c1)c1ccccc1. The second-order valence-electron chi connectivity index (χ2n) is 4.76. The normalized spacial score (nSPS) is 12.7. The van der Waals surface area contributed by atoms with Crippen LogP contribution in [0, 0.1) is 10.1 Å². The number of nitro groups is 1. The van der Waals surface area contributed by atoms with Crippen LogP contribution in [0.2, 0.25) is 0 Å². The summed E-state index contributed by atoms with van der Waals surface area (Å²) in [7, 11) is 0. The van der Waals surface area contributed by atoms with Gasteiger partial charge in [0.15, 0.2) is 0 Å². The molecule has 7 heteroatoms. The van der Waals surface area contributed by atoms with Gasteiger partial charge in [-0.25, -0.2) is 0 Å². The van der Waals surface area contributed by atoms with Crippen LogP contribution in [0.3, 0.4) is 0 Å². The fourth-order valence-electron chi connectivity index (χ4n) is 2.09. The second kappa shape index (κ2) is 6.05. The van der Waals surface area contributed by atoms with Gasteiger partial charge >= 0.3 is 6.18 Å². The fourth-order valence-corrected chi connectivity index (χ4v) is 2.09. The molecule has 0 aromatic heterocycles. The fraction of sp³-hybridized carbons (Fsp3) is 0.200. The van der Waals surface area contributed by atoms with Crippen LogP contribution in [-0.2, 0) is 6.18 Å². The Labute approximate surface area is 124 Å². The van der Waals surface area contributed by atoms with Gasteiger partial charge in [0, 0.05) is 17.8 Å². The minimum atomic E-state index is -4.78. The largest absolute Gasteiger partial charge is 0.423 e. The van der Waals surface area contributed by atoms with Crippen LogP contribution < -0.4 is 5.32 Å². The molecule has 2 aromatic carbocycles. The highest BCUT2D eigenvalue weighted by atomic mass is 19.4. The minimum Gasteiger partial charge on any atom is -0.379 e. The van der Waals surface area contributed by atoms with Gasteiger partial charge < -0.3 is 5.32 Å². The topological polar surface area (TPSA) is 55.2 Å². The van der Waals surface area contributed by atoms with E-state index in [2.05, 4.69) is 5.32 Å². The van der Waals surface area contributed by atoms with Crippen molar-refractivity contribution in [2.45, 2.75) is 19.1 Å². The highest BCUT2D eigenvalue weighted by Crippen LogP contribution is 2.38. The summed E-state index contributed by atoms with van der Waals surface area (Å²) in [6.07, 6.45) is -4.78. The summed E-state index contributed by atoms with van der Waals surface area (Å²) in [6, 6.07) is 11.8. The number of nitrogens with one attached hydrogen (secondary N) is 1. The molecule has 1 atom stereocenters. The molecule has 4 nitrogen and oxygen atoms in total. The highest BCUT2D eigenvalue weighted by molar-refractivity contribution is 5.56. The maximum absolute atomic E-state index is 12.9. The number of alkyl halides is 3. The van der Waals surface area contributed by atoms with E-state index >= 15 is 0 Å². The van der Waals surface area contributed by atoms with Crippen LogP contribution in [0.1, 0.15) is 24.1 Å². The van der Waals surface area contributed by atoms with Crippen LogP contribution in [0.25, 0.3) is 0 Å². The Morgan fingerprint density at radius 3 is 2.32 bits per heavy atom. The molecule has 1 N–H and O–H groups in total. The van der Waals surface area contributed by atoms with E-state index in [4.69, 9.17) is 0 Å². The Bertz CT molecular complexity index is 672. The van der Waals surface area contributed by atoms with Crippen molar-refractivity contribution in [3.05, 3.63) is 69.8 Å². The van der Waals surface area contributed by atoms with Gasteiger partial charge in [-0.1, -0.05) is 30.3 Å². The van der Waals surface area contributed by atoms with E-state index in [1.54, 1.807) is 6.92 Å². The molecule has 0 spiro atoms. The molecule has 0 aliphatic heterocycles. The van der Waals surface area contributed by atoms with E-state index in [-0.39, 0.29) is 11.7 Å². The minimum absolute atomic E-state index is 0.175. The molecule has 0 heterocycles. The maximum Gasteiger partial charge on any atom is 0.423 e. The Morgan fingerprint density at radius 2 is 1.77 bits per heavy atom. The smallest absolute Gasteiger partial charge is 0.379 e. The maximum atomic E-state index is 12.9. The molecule has 0 aliphatic carbocycles. The van der Waals surface area contributed by atoms with E-state index < -0.39 is 22.4 Å². The lowest BCUT2D eigenvalue weighted by molar-refractivity contribution is -0.388. The number of nitrogens with zero attached hydrogens (tertiary/aromatic N) is 1. The summed E-state index contributed by atoms with van der Waals surface area (Å²) in [4.78, 5) is 9.67. The average molecular weight is 310 g/mol. The van der Waals surface area contributed by atoms with E-state index in [0.717, 1.165) is 17.7 Å². The van der Waals surface area contributed by atoms with Gasteiger partial charge in [0.25, 0.3) is 5.69 Å². The summed E-state index contributed by atoms with van der Waals surface area (Å²) in [5.74, 6) is 0. The molecule has 2 aromatic rings. The van der Waals surface area contributed by atoms with Crippen molar-refractivity contribution in [2.75, 3.05) is 5.32 Å². The molecule has 0 amide bonds. The second-order valence-corrected chi connectivity index (χ2v) is 4.76. The third-order valence-electron chi connectivity index (χ3n) is 3.18. The van der Waals surface area contributed by atoms with Crippen LogP contribution in [0.15, 0.2) is 48.5 Å². The summed E-state index contributed by atoms with van der Waals surface area (Å²) in [5, 5.41) is 13.6. The lowest BCUT2D eigenvalue weighted by Crippen LogP contribution is -2.11. The number of hydrogen-bond acceptors (Lipinski definition) is 3. The number of rotatable bonds is 4. The van der Waals surface area contributed by atoms with Gasteiger partial charge in [0.2, 0.25) is 0 Å². The third kappa shape index (κ3) is 3.55. The van der Waals surface area contributed by atoms with Gasteiger partial charge in [-0.3, -0.25) is 10.1 Å². The number of nitro benzene ring substituents is 1. The zero-order chi connectivity index (χ0) is 16.3. The Hall–Kier alpha value is -2.57. The van der Waals surface area contributed by atoms with Crippen molar-refractivity contribution in [3.63, 3.8) is 0 Å². The van der Waals surface area contributed by atoms with Gasteiger partial charge in [-0.05, 0) is 24.6 Å². The van der Waals surface area contributed by atoms with Crippen LogP contribution in [-0.4, -0.2) is 4.92 Å². The van der Waals surface area contributed by atoms with Crippen molar-refractivity contribution in [1.29, 1.82) is 0 Å². The zero-order valence-electron chi connectivity index (χ0n) is 11.6. The van der Waals surface area contributed by atoms with Gasteiger partial charge in [-0.15, -0.1) is 0 Å². The predicted molar refractivity (Wildman–Crippen MR) is 76.6 cm³/mol. The van der Waals surface area contributed by atoms with Crippen molar-refractivity contribution in [3.8, 4) is 0 Å². The highest BCUT2D eigenvalue weighted by Gasteiger charge is 2.38. The molecule has 0 bridgehead atoms. The van der Waals surface area contributed by atoms with E-state index in [0.29, 0.717) is 0 Å². The van der Waals surface area contributed by atoms with Crippen molar-refractivity contribution in [1.82, 2.24) is 0 Å². The first kappa shape index (κ1) is 15.8. The van der Waals surface area contributed by atoms with Crippen LogP contribution >= 0.6 is 0 Å². The van der Waals surface area contributed by atoms with E-state index in [1.165, 1.54) is 6.07 Å². The molecule has 0 fully saturated rings. The standard InChI is InChI=1S/C15H13F3N2O2/c1-10(11-5-3-2-4-6-11)19-12-7-8-14(20(21)22)13(9-12)15(16,17)18/h2-10,19H,1H3. The summed E-state index contributed by atoms with van der Waals surface area (Å²) >= 11 is 0. The molecule has 116 valence electrons. The lowest BCUT2D eigenvalue weighted by atomic mass is 10.1. The Morgan fingerprint density at radius 1 is 1.14 bits per heavy atom. The quantitative estimate of drug-likeness (QED) is 0.652. The van der Waals surface area contributed by atoms with Crippen LogP contribution in [0.4, 0.5) is 24.5 Å². The lowest BCUT2D eigenvalue weighted by Gasteiger charge is -2.17. The summed E-state index contributed by atoms with van der Waals surface area (Å²) < 4.78 is 38.8. The number of anilines is 1. The molecule has 0 saturated carbocycles. The molecular weight excluding hydrogens is 297 g/mol. The van der Waals surface area contributed by atoms with Gasteiger partial charge in [-0.2, -0.15) is 13.2 Å². The van der Waals surface area contributed by atoms with Crippen molar-refractivity contribution >= 4 is 11.4 Å². The van der Waals surface area contributed by atoms with Crippen molar-refractivity contribution in [2.24, 2.45) is 0 Å². The number of halogens is 3. The monoisotopic (exact) mass is 310 g/mol. The molecule has 1 unspecified atom stereocenters. The Balaban J connectivity index is 2.31. The average Bonchev–Trinajstić information content (AvgIpc) is 2.47. The first-order chi connectivity index (χ1) is 10.3. The number of benzene rings is 2. The third-order valence-corrected chi connectivity index (χ3v) is 3.18. The van der Waals surface area contributed by atoms with Gasteiger partial charge in [0.1, 0.15) is 5.56 Å².